The molecule has 1 atom stereocenters. The maximum absolute atomic E-state index is 12.5. The topological polar surface area (TPSA) is 57.6 Å². The van der Waals surface area contributed by atoms with E-state index >= 15 is 0 Å². The van der Waals surface area contributed by atoms with Crippen molar-refractivity contribution in [1.82, 2.24) is 4.90 Å². The van der Waals surface area contributed by atoms with Crippen molar-refractivity contribution >= 4 is 39.1 Å². The number of carboxylic acid groups (broad SMARTS) is 1. The van der Waals surface area contributed by atoms with Crippen LogP contribution in [-0.2, 0) is 11.3 Å². The largest absolute Gasteiger partial charge is 0.481 e. The quantitative estimate of drug-likeness (QED) is 0.887. The Balaban J connectivity index is 1.93. The first-order valence-electron chi connectivity index (χ1n) is 6.40. The average Bonchev–Trinajstić information content (AvgIpc) is 2.91. The third-order valence-corrected chi connectivity index (χ3v) is 5.10. The van der Waals surface area contributed by atoms with Crippen LogP contribution in [0.15, 0.2) is 39.5 Å². The zero-order valence-electron chi connectivity index (χ0n) is 11.0. The molecule has 0 fully saturated rings. The second-order valence-corrected chi connectivity index (χ2v) is 7.21. The minimum absolute atomic E-state index is 0.127. The van der Waals surface area contributed by atoms with E-state index in [0.29, 0.717) is 12.1 Å². The van der Waals surface area contributed by atoms with Crippen molar-refractivity contribution in [1.29, 1.82) is 0 Å². The number of hydrogen-bond donors (Lipinski definition) is 1. The third kappa shape index (κ3) is 2.73. The van der Waals surface area contributed by atoms with Gasteiger partial charge in [-0.3, -0.25) is 9.59 Å². The number of hydrogen-bond acceptors (Lipinski definition) is 3. The normalized spacial score (nSPS) is 17.4. The Labute approximate surface area is 134 Å². The molecule has 1 aliphatic heterocycles. The molecule has 0 bridgehead atoms. The van der Waals surface area contributed by atoms with Crippen LogP contribution in [0.1, 0.15) is 27.4 Å². The number of fused-ring (bicyclic) bond motifs is 1. The number of carbonyl (C=O) groups excluding carboxylic acids is 1. The predicted molar refractivity (Wildman–Crippen MR) is 83.6 cm³/mol. The number of aliphatic carboxylic acids is 1. The van der Waals surface area contributed by atoms with Crippen LogP contribution in [0.4, 0.5) is 0 Å². The van der Waals surface area contributed by atoms with Gasteiger partial charge in [0, 0.05) is 18.5 Å². The SMILES string of the molecule is O=C(O)C1CN(C(=O)c2csc(Br)c2)Cc2ccccc21. The van der Waals surface area contributed by atoms with Crippen molar-refractivity contribution in [2.45, 2.75) is 12.5 Å². The van der Waals surface area contributed by atoms with Gasteiger partial charge in [-0.15, -0.1) is 11.3 Å². The predicted octanol–water partition coefficient (Wildman–Crippen LogP) is 3.33. The summed E-state index contributed by atoms with van der Waals surface area (Å²) in [6.45, 7) is 0.658. The van der Waals surface area contributed by atoms with Crippen molar-refractivity contribution in [3.05, 3.63) is 56.2 Å². The van der Waals surface area contributed by atoms with Crippen molar-refractivity contribution in [2.24, 2.45) is 0 Å². The van der Waals surface area contributed by atoms with Gasteiger partial charge in [0.2, 0.25) is 0 Å². The van der Waals surface area contributed by atoms with E-state index in [4.69, 9.17) is 0 Å². The third-order valence-electron chi connectivity index (χ3n) is 3.59. The first-order chi connectivity index (χ1) is 10.1. The van der Waals surface area contributed by atoms with E-state index in [-0.39, 0.29) is 12.5 Å². The zero-order chi connectivity index (χ0) is 15.0. The van der Waals surface area contributed by atoms with Crippen LogP contribution >= 0.6 is 27.3 Å². The minimum atomic E-state index is -0.897. The van der Waals surface area contributed by atoms with E-state index in [1.807, 2.05) is 24.3 Å². The molecule has 1 N–H and O–H groups in total. The number of carbonyl (C=O) groups is 2. The number of amides is 1. The minimum Gasteiger partial charge on any atom is -0.481 e. The molecular weight excluding hydrogens is 354 g/mol. The van der Waals surface area contributed by atoms with E-state index < -0.39 is 11.9 Å². The van der Waals surface area contributed by atoms with E-state index in [1.165, 1.54) is 11.3 Å². The molecule has 0 radical (unpaired) electrons. The number of benzene rings is 1. The molecule has 0 aliphatic carbocycles. The molecule has 3 rings (SSSR count). The summed E-state index contributed by atoms with van der Waals surface area (Å²) in [5.41, 5.74) is 2.30. The number of carboxylic acids is 1. The Hall–Kier alpha value is -1.66. The van der Waals surface area contributed by atoms with Gasteiger partial charge in [-0.2, -0.15) is 0 Å². The molecule has 21 heavy (non-hydrogen) atoms. The first-order valence-corrected chi connectivity index (χ1v) is 8.07. The number of rotatable bonds is 2. The highest BCUT2D eigenvalue weighted by Gasteiger charge is 2.32. The molecule has 1 aromatic carbocycles. The molecule has 1 aromatic heterocycles. The number of halogens is 1. The Bertz CT molecular complexity index is 712. The Morgan fingerprint density at radius 1 is 1.33 bits per heavy atom. The van der Waals surface area contributed by atoms with Crippen LogP contribution in [0, 0.1) is 0 Å². The molecule has 4 nitrogen and oxygen atoms in total. The van der Waals surface area contributed by atoms with Crippen LogP contribution in [0.25, 0.3) is 0 Å². The average molecular weight is 366 g/mol. The lowest BCUT2D eigenvalue weighted by molar-refractivity contribution is -0.139. The molecule has 0 saturated heterocycles. The molecule has 6 heteroatoms. The second kappa shape index (κ2) is 5.61. The van der Waals surface area contributed by atoms with Gasteiger partial charge in [-0.1, -0.05) is 24.3 Å². The molecule has 0 saturated carbocycles. The molecule has 1 aliphatic rings. The number of thiophene rings is 1. The smallest absolute Gasteiger partial charge is 0.312 e. The lowest BCUT2D eigenvalue weighted by atomic mass is 9.89. The summed E-state index contributed by atoms with van der Waals surface area (Å²) in [5.74, 6) is -1.69. The fourth-order valence-electron chi connectivity index (χ4n) is 2.58. The van der Waals surface area contributed by atoms with Crippen LogP contribution in [0.3, 0.4) is 0 Å². The summed E-state index contributed by atoms with van der Waals surface area (Å²) in [5, 5.41) is 11.2. The van der Waals surface area contributed by atoms with Crippen LogP contribution in [0.2, 0.25) is 0 Å². The van der Waals surface area contributed by atoms with Crippen LogP contribution < -0.4 is 0 Å². The summed E-state index contributed by atoms with van der Waals surface area (Å²) < 4.78 is 0.887. The molecule has 1 unspecified atom stereocenters. The standard InChI is InChI=1S/C15H12BrNO3S/c16-13-5-10(8-21-13)14(18)17-6-9-3-1-2-4-11(9)12(7-17)15(19)20/h1-5,8,12H,6-7H2,(H,19,20). The maximum Gasteiger partial charge on any atom is 0.312 e. The van der Waals surface area contributed by atoms with Crippen molar-refractivity contribution in [2.75, 3.05) is 6.54 Å². The number of nitrogens with zero attached hydrogens (tertiary/aromatic N) is 1. The van der Waals surface area contributed by atoms with Gasteiger partial charge in [0.1, 0.15) is 0 Å². The lowest BCUT2D eigenvalue weighted by Gasteiger charge is -2.32. The molecule has 1 amide bonds. The van der Waals surface area contributed by atoms with Gasteiger partial charge >= 0.3 is 5.97 Å². The van der Waals surface area contributed by atoms with Gasteiger partial charge in [-0.05, 0) is 33.1 Å². The van der Waals surface area contributed by atoms with Crippen LogP contribution in [0.5, 0.6) is 0 Å². The summed E-state index contributed by atoms with van der Waals surface area (Å²) in [6.07, 6.45) is 0. The van der Waals surface area contributed by atoms with Crippen molar-refractivity contribution in [3.8, 4) is 0 Å². The summed E-state index contributed by atoms with van der Waals surface area (Å²) in [7, 11) is 0. The summed E-state index contributed by atoms with van der Waals surface area (Å²) >= 11 is 4.78. The molecular formula is C15H12BrNO3S. The monoisotopic (exact) mass is 365 g/mol. The van der Waals surface area contributed by atoms with E-state index in [1.54, 1.807) is 16.3 Å². The molecule has 2 heterocycles. The van der Waals surface area contributed by atoms with Gasteiger partial charge in [0.25, 0.3) is 5.91 Å². The van der Waals surface area contributed by atoms with Gasteiger partial charge in [-0.25, -0.2) is 0 Å². The molecule has 0 spiro atoms. The highest BCUT2D eigenvalue weighted by molar-refractivity contribution is 9.11. The van der Waals surface area contributed by atoms with Gasteiger partial charge in [0.15, 0.2) is 0 Å². The van der Waals surface area contributed by atoms with Crippen LogP contribution in [-0.4, -0.2) is 28.4 Å². The van der Waals surface area contributed by atoms with E-state index in [2.05, 4.69) is 15.9 Å². The highest BCUT2D eigenvalue weighted by atomic mass is 79.9. The van der Waals surface area contributed by atoms with Gasteiger partial charge < -0.3 is 10.0 Å². The lowest BCUT2D eigenvalue weighted by Crippen LogP contribution is -2.40. The fourth-order valence-corrected chi connectivity index (χ4v) is 3.71. The first kappa shape index (κ1) is 14.3. The van der Waals surface area contributed by atoms with Crippen molar-refractivity contribution < 1.29 is 14.7 Å². The maximum atomic E-state index is 12.5. The molecule has 108 valence electrons. The van der Waals surface area contributed by atoms with E-state index in [9.17, 15) is 14.7 Å². The fraction of sp³-hybridized carbons (Fsp3) is 0.200. The zero-order valence-corrected chi connectivity index (χ0v) is 13.4. The summed E-state index contributed by atoms with van der Waals surface area (Å²) in [6, 6.07) is 9.18. The summed E-state index contributed by atoms with van der Waals surface area (Å²) in [4.78, 5) is 25.6. The van der Waals surface area contributed by atoms with E-state index in [0.717, 1.165) is 14.9 Å². The Morgan fingerprint density at radius 3 is 2.76 bits per heavy atom. The Kier molecular flexibility index (Phi) is 3.82. The Morgan fingerprint density at radius 2 is 2.10 bits per heavy atom. The van der Waals surface area contributed by atoms with Crippen molar-refractivity contribution in [3.63, 3.8) is 0 Å². The second-order valence-electron chi connectivity index (χ2n) is 4.91. The molecule has 2 aromatic rings. The van der Waals surface area contributed by atoms with Gasteiger partial charge in [0.05, 0.1) is 15.3 Å². The highest BCUT2D eigenvalue weighted by Crippen LogP contribution is 2.30.